The van der Waals surface area contributed by atoms with E-state index in [0.29, 0.717) is 28.1 Å². The molecule has 170 valence electrons. The third kappa shape index (κ3) is 4.20. The molecule has 1 atom stereocenters. The van der Waals surface area contributed by atoms with Crippen molar-refractivity contribution < 1.29 is 9.32 Å². The highest BCUT2D eigenvalue weighted by Crippen LogP contribution is 2.39. The van der Waals surface area contributed by atoms with Crippen LogP contribution in [0.1, 0.15) is 24.4 Å². The lowest BCUT2D eigenvalue weighted by atomic mass is 9.94. The first-order chi connectivity index (χ1) is 16.5. The second-order valence-corrected chi connectivity index (χ2v) is 9.08. The molecule has 1 unspecified atom stereocenters. The molecular weight excluding hydrogens is 468 g/mol. The lowest BCUT2D eigenvalue weighted by Crippen LogP contribution is -2.46. The van der Waals surface area contributed by atoms with Crippen LogP contribution < -0.4 is 10.2 Å². The largest absolute Gasteiger partial charge is 0.334 e. The van der Waals surface area contributed by atoms with Crippen LogP contribution in [0.5, 0.6) is 0 Å². The Morgan fingerprint density at radius 3 is 2.50 bits per heavy atom. The van der Waals surface area contributed by atoms with E-state index in [1.807, 2.05) is 79.9 Å². The maximum Gasteiger partial charge on any atom is 0.326 e. The molecule has 2 heterocycles. The summed E-state index contributed by atoms with van der Waals surface area (Å²) < 4.78 is 5.74. The number of urea groups is 1. The minimum Gasteiger partial charge on any atom is -0.334 e. The Hall–Kier alpha value is -3.55. The molecule has 0 radical (unpaired) electrons. The predicted molar refractivity (Wildman–Crippen MR) is 136 cm³/mol. The van der Waals surface area contributed by atoms with Crippen molar-refractivity contribution in [2.75, 3.05) is 11.2 Å². The monoisotopic (exact) mass is 488 g/mol. The molecule has 5 rings (SSSR count). The number of amides is 2. The quantitative estimate of drug-likeness (QED) is 0.312. The van der Waals surface area contributed by atoms with Gasteiger partial charge in [0.25, 0.3) is 5.89 Å². The van der Waals surface area contributed by atoms with Gasteiger partial charge in [0.15, 0.2) is 0 Å². The number of carbonyl (C=O) groups is 1. The van der Waals surface area contributed by atoms with E-state index in [0.717, 1.165) is 21.6 Å². The summed E-state index contributed by atoms with van der Waals surface area (Å²) in [6, 6.07) is 24.2. The van der Waals surface area contributed by atoms with E-state index < -0.39 is 6.04 Å². The molecule has 1 aromatic heterocycles. The molecule has 0 fully saturated rings. The van der Waals surface area contributed by atoms with E-state index >= 15 is 0 Å². The van der Waals surface area contributed by atoms with E-state index in [-0.39, 0.29) is 6.03 Å². The van der Waals surface area contributed by atoms with E-state index in [4.69, 9.17) is 21.1 Å². The molecule has 3 aromatic carbocycles. The fourth-order valence-electron chi connectivity index (χ4n) is 4.03. The molecule has 8 heteroatoms. The Morgan fingerprint density at radius 2 is 1.79 bits per heavy atom. The number of benzene rings is 3. The van der Waals surface area contributed by atoms with Crippen LogP contribution in [0, 0.1) is 0 Å². The number of hydrogen-bond donors (Lipinski definition) is 1. The maximum atomic E-state index is 13.3. The molecule has 0 bridgehead atoms. The lowest BCUT2D eigenvalue weighted by molar-refractivity contribution is 0.244. The van der Waals surface area contributed by atoms with Crippen molar-refractivity contribution in [3.8, 4) is 11.4 Å². The second-order valence-electron chi connectivity index (χ2n) is 7.76. The number of anilines is 1. The summed E-state index contributed by atoms with van der Waals surface area (Å²) in [6.45, 7) is 1.88. The van der Waals surface area contributed by atoms with Gasteiger partial charge in [-0.2, -0.15) is 4.98 Å². The third-order valence-electron chi connectivity index (χ3n) is 5.69. The smallest absolute Gasteiger partial charge is 0.326 e. The van der Waals surface area contributed by atoms with Crippen LogP contribution in [0.3, 0.4) is 0 Å². The van der Waals surface area contributed by atoms with Gasteiger partial charge in [-0.05, 0) is 49.1 Å². The molecule has 6 nitrogen and oxygen atoms in total. The highest BCUT2D eigenvalue weighted by Gasteiger charge is 2.36. The number of nitrogens with one attached hydrogen (secondary N) is 1. The lowest BCUT2D eigenvalue weighted by Gasteiger charge is -2.35. The Balaban J connectivity index is 1.65. The summed E-state index contributed by atoms with van der Waals surface area (Å²) in [5.41, 5.74) is 3.84. The minimum atomic E-state index is -0.456. The third-order valence-corrected chi connectivity index (χ3v) is 6.67. The van der Waals surface area contributed by atoms with Gasteiger partial charge in [-0.1, -0.05) is 65.3 Å². The number of carbonyl (C=O) groups excluding carboxylic acids is 1. The van der Waals surface area contributed by atoms with E-state index in [1.165, 1.54) is 0 Å². The molecule has 1 N–H and O–H groups in total. The first-order valence-corrected chi connectivity index (χ1v) is 12.3. The standard InChI is InChI=1S/C26H21ClN4O2S/c1-16-22(25-29-24(30-33-25)18-7-4-3-5-8-18)23(17-11-13-21(34-2)14-12-17)28-26(32)31(16)20-10-6-9-19(27)15-20/h3-15,23H,1-2H3,(H,28,32). The van der Waals surface area contributed by atoms with Crippen LogP contribution in [0.15, 0.2) is 94.0 Å². The number of nitrogens with zero attached hydrogens (tertiary/aromatic N) is 3. The molecule has 0 saturated heterocycles. The van der Waals surface area contributed by atoms with Crippen molar-refractivity contribution in [2.24, 2.45) is 0 Å². The average molecular weight is 489 g/mol. The number of halogens is 1. The van der Waals surface area contributed by atoms with Gasteiger partial charge in [0.1, 0.15) is 0 Å². The number of hydrogen-bond acceptors (Lipinski definition) is 5. The van der Waals surface area contributed by atoms with Crippen LogP contribution in [-0.2, 0) is 0 Å². The molecule has 0 aliphatic carbocycles. The van der Waals surface area contributed by atoms with Gasteiger partial charge in [0, 0.05) is 21.2 Å². The summed E-state index contributed by atoms with van der Waals surface area (Å²) in [5, 5.41) is 7.86. The molecule has 0 spiro atoms. The van der Waals surface area contributed by atoms with Crippen LogP contribution >= 0.6 is 23.4 Å². The van der Waals surface area contributed by atoms with Gasteiger partial charge >= 0.3 is 6.03 Å². The topological polar surface area (TPSA) is 71.3 Å². The van der Waals surface area contributed by atoms with Crippen molar-refractivity contribution in [3.05, 3.63) is 101 Å². The van der Waals surface area contributed by atoms with Gasteiger partial charge < -0.3 is 9.84 Å². The van der Waals surface area contributed by atoms with Gasteiger partial charge in [-0.25, -0.2) is 4.79 Å². The first-order valence-electron chi connectivity index (χ1n) is 10.7. The molecule has 1 aliphatic rings. The zero-order chi connectivity index (χ0) is 23.7. The summed E-state index contributed by atoms with van der Waals surface area (Å²) in [4.78, 5) is 20.7. The Kier molecular flexibility index (Phi) is 6.13. The first kappa shape index (κ1) is 22.3. The van der Waals surface area contributed by atoms with E-state index in [2.05, 4.69) is 10.5 Å². The van der Waals surface area contributed by atoms with E-state index in [1.54, 1.807) is 28.8 Å². The van der Waals surface area contributed by atoms with Crippen molar-refractivity contribution in [2.45, 2.75) is 17.9 Å². The summed E-state index contributed by atoms with van der Waals surface area (Å²) >= 11 is 7.88. The minimum absolute atomic E-state index is 0.259. The zero-order valence-electron chi connectivity index (χ0n) is 18.5. The average Bonchev–Trinajstić information content (AvgIpc) is 3.34. The van der Waals surface area contributed by atoms with Gasteiger partial charge in [-0.3, -0.25) is 4.90 Å². The number of allylic oxidation sites excluding steroid dienone is 1. The number of rotatable bonds is 5. The van der Waals surface area contributed by atoms with Crippen LogP contribution in [0.2, 0.25) is 5.02 Å². The van der Waals surface area contributed by atoms with Crippen molar-refractivity contribution in [1.29, 1.82) is 0 Å². The maximum absolute atomic E-state index is 13.3. The highest BCUT2D eigenvalue weighted by atomic mass is 35.5. The van der Waals surface area contributed by atoms with Crippen molar-refractivity contribution >= 4 is 40.7 Å². The molecule has 1 aliphatic heterocycles. The predicted octanol–water partition coefficient (Wildman–Crippen LogP) is 6.81. The van der Waals surface area contributed by atoms with E-state index in [9.17, 15) is 4.79 Å². The van der Waals surface area contributed by atoms with Crippen LogP contribution in [0.25, 0.3) is 17.0 Å². The molecule has 34 heavy (non-hydrogen) atoms. The molecule has 0 saturated carbocycles. The Labute approximate surface area is 206 Å². The van der Waals surface area contributed by atoms with Gasteiger partial charge in [-0.15, -0.1) is 11.8 Å². The summed E-state index contributed by atoms with van der Waals surface area (Å²) in [7, 11) is 0. The van der Waals surface area contributed by atoms with Crippen molar-refractivity contribution in [1.82, 2.24) is 15.5 Å². The Bertz CT molecular complexity index is 1370. The SMILES string of the molecule is CSc1ccc(C2NC(=O)N(c3cccc(Cl)c3)C(C)=C2c2nc(-c3ccccc3)no2)cc1. The fourth-order valence-corrected chi connectivity index (χ4v) is 4.62. The summed E-state index contributed by atoms with van der Waals surface area (Å²) in [6.07, 6.45) is 2.03. The van der Waals surface area contributed by atoms with Crippen LogP contribution in [-0.4, -0.2) is 22.4 Å². The number of thioether (sulfide) groups is 1. The Morgan fingerprint density at radius 1 is 1.03 bits per heavy atom. The fraction of sp³-hybridized carbons (Fsp3) is 0.115. The molecule has 2 amide bonds. The second kappa shape index (κ2) is 9.37. The summed E-state index contributed by atoms with van der Waals surface area (Å²) in [5.74, 6) is 0.834. The molecule has 4 aromatic rings. The van der Waals surface area contributed by atoms with Crippen molar-refractivity contribution in [3.63, 3.8) is 0 Å². The van der Waals surface area contributed by atoms with Crippen LogP contribution in [0.4, 0.5) is 10.5 Å². The normalized spacial score (nSPS) is 16.0. The zero-order valence-corrected chi connectivity index (χ0v) is 20.1. The molecular formula is C26H21ClN4O2S. The highest BCUT2D eigenvalue weighted by molar-refractivity contribution is 7.98. The van der Waals surface area contributed by atoms with Gasteiger partial charge in [0.2, 0.25) is 5.82 Å². The van der Waals surface area contributed by atoms with Gasteiger partial charge in [0.05, 0.1) is 17.3 Å². The number of aromatic nitrogens is 2.